The average Bonchev–Trinajstić information content (AvgIpc) is 2.51. The first-order chi connectivity index (χ1) is 10.0. The van der Waals surface area contributed by atoms with Gasteiger partial charge >= 0.3 is 6.09 Å². The zero-order valence-corrected chi connectivity index (χ0v) is 13.2. The van der Waals surface area contributed by atoms with Gasteiger partial charge in [-0.3, -0.25) is 9.69 Å². The molecule has 6 heteroatoms. The van der Waals surface area contributed by atoms with Gasteiger partial charge < -0.3 is 15.8 Å². The van der Waals surface area contributed by atoms with Gasteiger partial charge in [0.25, 0.3) is 5.91 Å². The number of carbonyl (C=O) groups is 2. The molecule has 0 aromatic rings. The topological polar surface area (TPSA) is 84.7 Å². The van der Waals surface area contributed by atoms with Crippen LogP contribution >= 0.6 is 0 Å². The summed E-state index contributed by atoms with van der Waals surface area (Å²) in [6.07, 6.45) is 5.58. The summed E-state index contributed by atoms with van der Waals surface area (Å²) in [7, 11) is 1.29. The predicted molar refractivity (Wildman–Crippen MR) is 83.8 cm³/mol. The molecular weight excluding hydrogens is 270 g/mol. The summed E-state index contributed by atoms with van der Waals surface area (Å²) in [6.45, 7) is 8.75. The highest BCUT2D eigenvalue weighted by Gasteiger charge is 2.42. The second kappa shape index (κ2) is 9.99. The van der Waals surface area contributed by atoms with Crippen molar-refractivity contribution in [2.24, 2.45) is 5.73 Å². The molecule has 0 saturated carbocycles. The number of ether oxygens (including phenoxy) is 1. The Morgan fingerprint density at radius 3 is 2.48 bits per heavy atom. The third kappa shape index (κ3) is 4.90. The van der Waals surface area contributed by atoms with Gasteiger partial charge in [-0.1, -0.05) is 32.6 Å². The van der Waals surface area contributed by atoms with Crippen LogP contribution in [0.3, 0.4) is 0 Å². The van der Waals surface area contributed by atoms with Gasteiger partial charge in [0, 0.05) is 19.6 Å². The molecule has 0 saturated heterocycles. The van der Waals surface area contributed by atoms with Crippen LogP contribution < -0.4 is 11.1 Å². The molecular formula is C15H27N3O3. The molecule has 2 amide bonds. The average molecular weight is 297 g/mol. The normalized spacial score (nSPS) is 13.5. The lowest BCUT2D eigenvalue weighted by Gasteiger charge is -2.37. The zero-order valence-electron chi connectivity index (χ0n) is 13.2. The molecule has 0 heterocycles. The number of hydrogen-bond donors (Lipinski definition) is 2. The van der Waals surface area contributed by atoms with Crippen molar-refractivity contribution in [3.63, 3.8) is 0 Å². The number of rotatable bonds is 9. The Morgan fingerprint density at radius 2 is 2.05 bits per heavy atom. The lowest BCUT2D eigenvalue weighted by Crippen LogP contribution is -2.59. The van der Waals surface area contributed by atoms with E-state index in [1.165, 1.54) is 18.1 Å². The molecule has 0 spiro atoms. The minimum Gasteiger partial charge on any atom is -0.453 e. The molecule has 0 aliphatic carbocycles. The van der Waals surface area contributed by atoms with Crippen LogP contribution in [-0.4, -0.2) is 49.2 Å². The third-order valence-corrected chi connectivity index (χ3v) is 3.01. The fourth-order valence-electron chi connectivity index (χ4n) is 1.95. The Labute approximate surface area is 127 Å². The molecule has 0 aliphatic heterocycles. The molecule has 0 aliphatic rings. The fourth-order valence-corrected chi connectivity index (χ4v) is 1.95. The van der Waals surface area contributed by atoms with E-state index < -0.39 is 11.6 Å². The van der Waals surface area contributed by atoms with E-state index in [2.05, 4.69) is 11.9 Å². The molecule has 0 rings (SSSR count). The quantitative estimate of drug-likeness (QED) is 0.631. The van der Waals surface area contributed by atoms with E-state index in [0.717, 1.165) is 6.42 Å². The predicted octanol–water partition coefficient (Wildman–Crippen LogP) is 1.43. The Kier molecular flexibility index (Phi) is 9.12. The first-order valence-corrected chi connectivity index (χ1v) is 7.19. The molecule has 0 bridgehead atoms. The number of nitrogens with two attached hydrogens (primary N) is 1. The molecule has 120 valence electrons. The summed E-state index contributed by atoms with van der Waals surface area (Å²) in [5.41, 5.74) is 4.19. The highest BCUT2D eigenvalue weighted by Crippen LogP contribution is 2.21. The summed E-state index contributed by atoms with van der Waals surface area (Å²) < 4.78 is 4.80. The van der Waals surface area contributed by atoms with Crippen LogP contribution in [0.1, 0.15) is 26.7 Å². The first-order valence-electron chi connectivity index (χ1n) is 7.19. The summed E-state index contributed by atoms with van der Waals surface area (Å²) in [6, 6.07) is 0. The van der Waals surface area contributed by atoms with Gasteiger partial charge in [0.1, 0.15) is 0 Å². The fraction of sp³-hybridized carbons (Fsp3) is 0.600. The van der Waals surface area contributed by atoms with Crippen LogP contribution in [0.15, 0.2) is 24.8 Å². The first kappa shape index (κ1) is 19.2. The largest absolute Gasteiger partial charge is 0.453 e. The number of nitrogens with one attached hydrogen (secondary N) is 1. The molecule has 1 atom stereocenters. The Hall–Kier alpha value is -1.82. The SMILES string of the molecule is C=CC(C=CCN)(C(=O)NCCC)N(CCC)C(=O)OC. The molecule has 0 aromatic heterocycles. The van der Waals surface area contributed by atoms with Gasteiger partial charge in [-0.25, -0.2) is 4.79 Å². The zero-order chi connectivity index (χ0) is 16.3. The van der Waals surface area contributed by atoms with E-state index in [-0.39, 0.29) is 12.5 Å². The van der Waals surface area contributed by atoms with Crippen LogP contribution in [0.25, 0.3) is 0 Å². The second-order valence-electron chi connectivity index (χ2n) is 4.55. The van der Waals surface area contributed by atoms with E-state index >= 15 is 0 Å². The smallest absolute Gasteiger partial charge is 0.410 e. The molecule has 21 heavy (non-hydrogen) atoms. The van der Waals surface area contributed by atoms with Crippen molar-refractivity contribution in [1.82, 2.24) is 10.2 Å². The van der Waals surface area contributed by atoms with Crippen LogP contribution in [0.5, 0.6) is 0 Å². The van der Waals surface area contributed by atoms with Crippen molar-refractivity contribution in [2.75, 3.05) is 26.7 Å². The van der Waals surface area contributed by atoms with Crippen molar-refractivity contribution in [2.45, 2.75) is 32.2 Å². The van der Waals surface area contributed by atoms with Crippen LogP contribution in [0.2, 0.25) is 0 Å². The van der Waals surface area contributed by atoms with Crippen molar-refractivity contribution >= 4 is 12.0 Å². The molecule has 3 N–H and O–H groups in total. The van der Waals surface area contributed by atoms with Gasteiger partial charge in [0.15, 0.2) is 5.54 Å². The van der Waals surface area contributed by atoms with Gasteiger partial charge in [-0.15, -0.1) is 0 Å². The van der Waals surface area contributed by atoms with Crippen molar-refractivity contribution in [1.29, 1.82) is 0 Å². The number of amides is 2. The Morgan fingerprint density at radius 1 is 1.38 bits per heavy atom. The van der Waals surface area contributed by atoms with E-state index in [0.29, 0.717) is 19.5 Å². The molecule has 0 fully saturated rings. The number of nitrogens with zero attached hydrogens (tertiary/aromatic N) is 1. The van der Waals surface area contributed by atoms with Crippen LogP contribution in [0.4, 0.5) is 4.79 Å². The second-order valence-corrected chi connectivity index (χ2v) is 4.55. The summed E-state index contributed by atoms with van der Waals surface area (Å²) in [4.78, 5) is 26.0. The standard InChI is InChI=1S/C15H27N3O3/c1-5-11-17-13(19)15(7-3,9-8-10-16)18(12-6-2)14(20)21-4/h7-9H,3,5-6,10-12,16H2,1-2,4H3,(H,17,19). The maximum atomic E-state index is 12.6. The van der Waals surface area contributed by atoms with Crippen LogP contribution in [0, 0.1) is 0 Å². The minimum absolute atomic E-state index is 0.262. The van der Waals surface area contributed by atoms with E-state index in [4.69, 9.17) is 10.5 Å². The van der Waals surface area contributed by atoms with Crippen molar-refractivity contribution < 1.29 is 14.3 Å². The highest BCUT2D eigenvalue weighted by atomic mass is 16.5. The van der Waals surface area contributed by atoms with Gasteiger partial charge in [0.05, 0.1) is 7.11 Å². The molecule has 1 unspecified atom stereocenters. The third-order valence-electron chi connectivity index (χ3n) is 3.01. The van der Waals surface area contributed by atoms with Gasteiger partial charge in [-0.2, -0.15) is 0 Å². The van der Waals surface area contributed by atoms with Crippen LogP contribution in [-0.2, 0) is 9.53 Å². The molecule has 6 nitrogen and oxygen atoms in total. The minimum atomic E-state index is -1.29. The van der Waals surface area contributed by atoms with Gasteiger partial charge in [-0.05, 0) is 18.9 Å². The molecule has 0 aromatic carbocycles. The van der Waals surface area contributed by atoms with E-state index in [1.54, 1.807) is 12.2 Å². The van der Waals surface area contributed by atoms with Gasteiger partial charge in [0.2, 0.25) is 0 Å². The van der Waals surface area contributed by atoms with Crippen molar-refractivity contribution in [3.05, 3.63) is 24.8 Å². The Balaban J connectivity index is 5.70. The molecule has 0 radical (unpaired) electrons. The monoisotopic (exact) mass is 297 g/mol. The number of carbonyl (C=O) groups excluding carboxylic acids is 2. The Bertz CT molecular complexity index is 382. The maximum absolute atomic E-state index is 12.6. The number of methoxy groups -OCH3 is 1. The summed E-state index contributed by atoms with van der Waals surface area (Å²) in [5, 5.41) is 2.80. The summed E-state index contributed by atoms with van der Waals surface area (Å²) in [5.74, 6) is -0.317. The van der Waals surface area contributed by atoms with Crippen molar-refractivity contribution in [3.8, 4) is 0 Å². The highest BCUT2D eigenvalue weighted by molar-refractivity contribution is 5.94. The lowest BCUT2D eigenvalue weighted by molar-refractivity contribution is -0.127. The van der Waals surface area contributed by atoms with E-state index in [9.17, 15) is 9.59 Å². The van der Waals surface area contributed by atoms with E-state index in [1.807, 2.05) is 13.8 Å². The number of hydrogen-bond acceptors (Lipinski definition) is 4. The lowest BCUT2D eigenvalue weighted by atomic mass is 9.94. The maximum Gasteiger partial charge on any atom is 0.410 e. The summed E-state index contributed by atoms with van der Waals surface area (Å²) >= 11 is 0.